The standard InChI is InChI=1S/C22H21NO5/c1-15-19(12-13-27-15)22(25)28-14-20(24)23-21(16-6-4-3-5-7-16)17-8-10-18(26-2)11-9-17/h3-13,21H,14H2,1-2H3,(H,23,24)/t21-/m0/s1. The maximum absolute atomic E-state index is 12.4. The molecular formula is C22H21NO5. The van der Waals surface area contributed by atoms with Crippen molar-refractivity contribution < 1.29 is 23.5 Å². The van der Waals surface area contributed by atoms with Crippen molar-refractivity contribution in [3.05, 3.63) is 89.4 Å². The van der Waals surface area contributed by atoms with E-state index in [2.05, 4.69) is 5.32 Å². The summed E-state index contributed by atoms with van der Waals surface area (Å²) in [5.74, 6) is 0.179. The predicted molar refractivity (Wildman–Crippen MR) is 103 cm³/mol. The molecule has 0 spiro atoms. The van der Waals surface area contributed by atoms with Crippen LogP contribution in [0.3, 0.4) is 0 Å². The number of furan rings is 1. The van der Waals surface area contributed by atoms with Crippen LogP contribution >= 0.6 is 0 Å². The molecule has 0 radical (unpaired) electrons. The highest BCUT2D eigenvalue weighted by atomic mass is 16.5. The first kappa shape index (κ1) is 19.2. The fourth-order valence-electron chi connectivity index (χ4n) is 2.81. The second kappa shape index (κ2) is 8.90. The van der Waals surface area contributed by atoms with Gasteiger partial charge in [-0.1, -0.05) is 42.5 Å². The van der Waals surface area contributed by atoms with Crippen LogP contribution in [0.5, 0.6) is 5.75 Å². The topological polar surface area (TPSA) is 77.8 Å². The van der Waals surface area contributed by atoms with E-state index >= 15 is 0 Å². The molecule has 1 heterocycles. The molecule has 1 N–H and O–H groups in total. The van der Waals surface area contributed by atoms with Crippen LogP contribution in [0.15, 0.2) is 71.3 Å². The third-order valence-electron chi connectivity index (χ3n) is 4.30. The monoisotopic (exact) mass is 379 g/mol. The fourth-order valence-corrected chi connectivity index (χ4v) is 2.81. The number of ether oxygens (including phenoxy) is 2. The van der Waals surface area contributed by atoms with Gasteiger partial charge in [-0.3, -0.25) is 4.79 Å². The summed E-state index contributed by atoms with van der Waals surface area (Å²) in [6.45, 7) is 1.27. The molecule has 28 heavy (non-hydrogen) atoms. The minimum atomic E-state index is -0.595. The second-order valence-corrected chi connectivity index (χ2v) is 6.15. The first-order chi connectivity index (χ1) is 13.6. The van der Waals surface area contributed by atoms with Crippen LogP contribution in [0.2, 0.25) is 0 Å². The van der Waals surface area contributed by atoms with Gasteiger partial charge in [0.1, 0.15) is 17.1 Å². The number of esters is 1. The van der Waals surface area contributed by atoms with Gasteiger partial charge < -0.3 is 19.2 Å². The van der Waals surface area contributed by atoms with Gasteiger partial charge in [0.15, 0.2) is 6.61 Å². The van der Waals surface area contributed by atoms with Gasteiger partial charge in [0.2, 0.25) is 0 Å². The van der Waals surface area contributed by atoms with Crippen molar-refractivity contribution in [1.82, 2.24) is 5.32 Å². The molecule has 2 aromatic carbocycles. The Morgan fingerprint density at radius 1 is 1.00 bits per heavy atom. The fraction of sp³-hybridized carbons (Fsp3) is 0.182. The van der Waals surface area contributed by atoms with Crippen molar-refractivity contribution in [1.29, 1.82) is 0 Å². The number of aryl methyl sites for hydroxylation is 1. The Bertz CT molecular complexity index is 931. The minimum absolute atomic E-state index is 0.308. The number of hydrogen-bond donors (Lipinski definition) is 1. The summed E-state index contributed by atoms with van der Waals surface area (Å²) in [6, 6.07) is 18.1. The van der Waals surface area contributed by atoms with Crippen LogP contribution in [-0.4, -0.2) is 25.6 Å². The predicted octanol–water partition coefficient (Wildman–Crippen LogP) is 3.66. The lowest BCUT2D eigenvalue weighted by molar-refractivity contribution is -0.124. The molecule has 0 saturated carbocycles. The smallest absolute Gasteiger partial charge is 0.342 e. The van der Waals surface area contributed by atoms with Gasteiger partial charge in [-0.15, -0.1) is 0 Å². The van der Waals surface area contributed by atoms with Gasteiger partial charge >= 0.3 is 5.97 Å². The molecule has 0 aliphatic heterocycles. The average Bonchev–Trinajstić information content (AvgIpc) is 3.17. The quantitative estimate of drug-likeness (QED) is 0.634. The maximum Gasteiger partial charge on any atom is 0.342 e. The molecule has 0 aliphatic carbocycles. The zero-order valence-corrected chi connectivity index (χ0v) is 15.7. The van der Waals surface area contributed by atoms with E-state index in [0.717, 1.165) is 16.9 Å². The molecule has 0 fully saturated rings. The summed E-state index contributed by atoms with van der Waals surface area (Å²) in [4.78, 5) is 24.5. The summed E-state index contributed by atoms with van der Waals surface area (Å²) in [7, 11) is 1.60. The number of nitrogens with one attached hydrogen (secondary N) is 1. The lowest BCUT2D eigenvalue weighted by Gasteiger charge is -2.20. The van der Waals surface area contributed by atoms with Gasteiger partial charge in [-0.2, -0.15) is 0 Å². The van der Waals surface area contributed by atoms with Crippen LogP contribution < -0.4 is 10.1 Å². The zero-order chi connectivity index (χ0) is 19.9. The summed E-state index contributed by atoms with van der Waals surface area (Å²) < 4.78 is 15.4. The van der Waals surface area contributed by atoms with E-state index in [-0.39, 0.29) is 12.6 Å². The summed E-state index contributed by atoms with van der Waals surface area (Å²) >= 11 is 0. The van der Waals surface area contributed by atoms with E-state index in [1.807, 2.05) is 54.6 Å². The molecule has 1 amide bonds. The number of carbonyl (C=O) groups is 2. The van der Waals surface area contributed by atoms with Crippen LogP contribution in [0.4, 0.5) is 0 Å². The molecule has 6 nitrogen and oxygen atoms in total. The Hall–Kier alpha value is -3.54. The second-order valence-electron chi connectivity index (χ2n) is 6.15. The third-order valence-corrected chi connectivity index (χ3v) is 4.30. The molecule has 0 bridgehead atoms. The zero-order valence-electron chi connectivity index (χ0n) is 15.7. The summed E-state index contributed by atoms with van der Waals surface area (Å²) in [5.41, 5.74) is 2.11. The van der Waals surface area contributed by atoms with Crippen LogP contribution in [0, 0.1) is 6.92 Å². The van der Waals surface area contributed by atoms with Crippen molar-refractivity contribution in [2.24, 2.45) is 0 Å². The molecule has 3 rings (SSSR count). The van der Waals surface area contributed by atoms with Gasteiger partial charge in [-0.25, -0.2) is 4.79 Å². The van der Waals surface area contributed by atoms with Gasteiger partial charge in [0.05, 0.1) is 19.4 Å². The van der Waals surface area contributed by atoms with E-state index in [1.165, 1.54) is 12.3 Å². The van der Waals surface area contributed by atoms with Crippen molar-refractivity contribution in [2.45, 2.75) is 13.0 Å². The Morgan fingerprint density at radius 3 is 2.29 bits per heavy atom. The third kappa shape index (κ3) is 4.59. The van der Waals surface area contributed by atoms with E-state index in [1.54, 1.807) is 14.0 Å². The number of methoxy groups -OCH3 is 1. The highest BCUT2D eigenvalue weighted by Crippen LogP contribution is 2.24. The molecule has 0 aliphatic rings. The van der Waals surface area contributed by atoms with Crippen molar-refractivity contribution in [2.75, 3.05) is 13.7 Å². The largest absolute Gasteiger partial charge is 0.497 e. The number of hydrogen-bond acceptors (Lipinski definition) is 5. The van der Waals surface area contributed by atoms with Gasteiger partial charge in [-0.05, 0) is 36.2 Å². The maximum atomic E-state index is 12.4. The van der Waals surface area contributed by atoms with E-state index in [0.29, 0.717) is 11.3 Å². The highest BCUT2D eigenvalue weighted by Gasteiger charge is 2.19. The number of amides is 1. The Morgan fingerprint density at radius 2 is 1.68 bits per heavy atom. The molecule has 144 valence electrons. The lowest BCUT2D eigenvalue weighted by Crippen LogP contribution is -2.33. The van der Waals surface area contributed by atoms with Gasteiger partial charge in [0, 0.05) is 0 Å². The number of rotatable bonds is 7. The lowest BCUT2D eigenvalue weighted by atomic mass is 9.98. The Labute approximate surface area is 163 Å². The molecule has 3 aromatic rings. The summed E-state index contributed by atoms with van der Waals surface area (Å²) in [5, 5.41) is 2.92. The first-order valence-electron chi connectivity index (χ1n) is 8.78. The number of carbonyl (C=O) groups excluding carboxylic acids is 2. The highest BCUT2D eigenvalue weighted by molar-refractivity contribution is 5.92. The molecule has 1 aromatic heterocycles. The molecule has 0 unspecified atom stereocenters. The van der Waals surface area contributed by atoms with Gasteiger partial charge in [0.25, 0.3) is 5.91 Å². The van der Waals surface area contributed by atoms with Crippen molar-refractivity contribution in [3.63, 3.8) is 0 Å². The molecule has 0 saturated heterocycles. The Kier molecular flexibility index (Phi) is 6.11. The van der Waals surface area contributed by atoms with E-state index in [9.17, 15) is 9.59 Å². The molecule has 1 atom stereocenters. The Balaban J connectivity index is 1.71. The van der Waals surface area contributed by atoms with Crippen molar-refractivity contribution >= 4 is 11.9 Å². The first-order valence-corrected chi connectivity index (χ1v) is 8.78. The minimum Gasteiger partial charge on any atom is -0.497 e. The van der Waals surface area contributed by atoms with E-state index < -0.39 is 11.9 Å². The van der Waals surface area contributed by atoms with Crippen molar-refractivity contribution in [3.8, 4) is 5.75 Å². The molecular weight excluding hydrogens is 358 g/mol. The number of benzene rings is 2. The van der Waals surface area contributed by atoms with Crippen LogP contribution in [-0.2, 0) is 9.53 Å². The normalized spacial score (nSPS) is 11.5. The SMILES string of the molecule is COc1ccc([C@@H](NC(=O)COC(=O)c2ccoc2C)c2ccccc2)cc1. The van der Waals surface area contributed by atoms with Crippen LogP contribution in [0.1, 0.15) is 33.3 Å². The molecule has 6 heteroatoms. The summed E-state index contributed by atoms with van der Waals surface area (Å²) in [6.07, 6.45) is 1.40. The average molecular weight is 379 g/mol. The van der Waals surface area contributed by atoms with Crippen LogP contribution in [0.25, 0.3) is 0 Å². The van der Waals surface area contributed by atoms with E-state index in [4.69, 9.17) is 13.9 Å².